The zero-order chi connectivity index (χ0) is 14.7. The van der Waals surface area contributed by atoms with E-state index in [1.807, 2.05) is 0 Å². The molecule has 0 radical (unpaired) electrons. The fraction of sp³-hybridized carbons (Fsp3) is 0.429. The van der Waals surface area contributed by atoms with E-state index in [4.69, 9.17) is 5.11 Å². The number of hydrogen-bond acceptors (Lipinski definition) is 4. The van der Waals surface area contributed by atoms with Gasteiger partial charge in [0, 0.05) is 6.20 Å². The summed E-state index contributed by atoms with van der Waals surface area (Å²) >= 11 is 0. The predicted octanol–water partition coefficient (Wildman–Crippen LogP) is -0.224. The van der Waals surface area contributed by atoms with Gasteiger partial charge in [-0.2, -0.15) is 31.4 Å². The van der Waals surface area contributed by atoms with E-state index in [-0.39, 0.29) is 5.69 Å². The summed E-state index contributed by atoms with van der Waals surface area (Å²) < 4.78 is 61.9. The fourth-order valence-electron chi connectivity index (χ4n) is 1.01. The third kappa shape index (κ3) is 6.05. The van der Waals surface area contributed by atoms with Crippen LogP contribution in [0.25, 0.3) is 0 Å². The Kier molecular flexibility index (Phi) is 4.36. The van der Waals surface area contributed by atoms with Gasteiger partial charge in [0.05, 0.1) is 11.9 Å². The molecule has 0 bridgehead atoms. The van der Waals surface area contributed by atoms with Gasteiger partial charge in [-0.25, -0.2) is 0 Å². The number of nitrogens with one attached hydrogen (secondary N) is 2. The summed E-state index contributed by atoms with van der Waals surface area (Å²) in [7, 11) is -4.40. The van der Waals surface area contributed by atoms with Crippen LogP contribution in [0.3, 0.4) is 0 Å². The van der Waals surface area contributed by atoms with Crippen molar-refractivity contribution in [1.29, 1.82) is 0 Å². The highest BCUT2D eigenvalue weighted by atomic mass is 32.2. The number of halogens is 3. The minimum absolute atomic E-state index is 0.157. The Bertz CT molecular complexity index is 553. The van der Waals surface area contributed by atoms with Gasteiger partial charge in [-0.1, -0.05) is 0 Å². The van der Waals surface area contributed by atoms with Crippen LogP contribution in [0.4, 0.5) is 18.9 Å². The van der Waals surface area contributed by atoms with Crippen LogP contribution in [0, 0.1) is 0 Å². The number of carboxylic acids is 1. The Morgan fingerprint density at radius 3 is 2.63 bits per heavy atom. The molecular formula is C7H9F3N4O4S. The molecule has 1 rings (SSSR count). The van der Waals surface area contributed by atoms with E-state index in [0.717, 1.165) is 17.1 Å². The molecule has 0 amide bonds. The lowest BCUT2D eigenvalue weighted by molar-refractivity contribution is -0.137. The van der Waals surface area contributed by atoms with Gasteiger partial charge in [0.1, 0.15) is 13.1 Å². The first-order valence-corrected chi connectivity index (χ1v) is 6.14. The number of hydrogen-bond donors (Lipinski definition) is 3. The zero-order valence-corrected chi connectivity index (χ0v) is 9.99. The molecule has 108 valence electrons. The third-order valence-corrected chi connectivity index (χ3v) is 2.67. The number of aromatic nitrogens is 2. The highest BCUT2D eigenvalue weighted by Crippen LogP contribution is 2.13. The van der Waals surface area contributed by atoms with Gasteiger partial charge >= 0.3 is 12.1 Å². The Morgan fingerprint density at radius 1 is 1.47 bits per heavy atom. The summed E-state index contributed by atoms with van der Waals surface area (Å²) in [4.78, 5) is 10.3. The Labute approximate surface area is 105 Å². The topological polar surface area (TPSA) is 113 Å². The molecule has 0 unspecified atom stereocenters. The van der Waals surface area contributed by atoms with Gasteiger partial charge in [-0.3, -0.25) is 14.2 Å². The lowest BCUT2D eigenvalue weighted by Gasteiger charge is -2.09. The normalized spacial score (nSPS) is 12.4. The lowest BCUT2D eigenvalue weighted by Crippen LogP contribution is -2.37. The second-order valence-electron chi connectivity index (χ2n) is 3.36. The standard InChI is InChI=1S/C7H9F3N4O4S/c8-7(9,10)4-12-19(17,18)13-5-1-11-14(2-5)3-6(15)16/h1-2,12-13H,3-4H2,(H,15,16). The molecule has 1 aromatic rings. The number of alkyl halides is 3. The maximum absolute atomic E-state index is 11.8. The van der Waals surface area contributed by atoms with Crippen LogP contribution in [-0.2, 0) is 21.5 Å². The highest BCUT2D eigenvalue weighted by molar-refractivity contribution is 7.90. The summed E-state index contributed by atoms with van der Waals surface area (Å²) in [6.45, 7) is -2.22. The third-order valence-electron chi connectivity index (χ3n) is 1.65. The smallest absolute Gasteiger partial charge is 0.402 e. The van der Waals surface area contributed by atoms with E-state index in [1.165, 1.54) is 4.72 Å². The molecule has 1 aromatic heterocycles. The molecule has 0 aliphatic carbocycles. The van der Waals surface area contributed by atoms with E-state index in [9.17, 15) is 26.4 Å². The maximum atomic E-state index is 11.8. The first-order chi connectivity index (χ1) is 8.57. The molecule has 1 heterocycles. The van der Waals surface area contributed by atoms with Crippen LogP contribution in [0.1, 0.15) is 0 Å². The van der Waals surface area contributed by atoms with Crippen molar-refractivity contribution in [2.45, 2.75) is 12.7 Å². The largest absolute Gasteiger partial charge is 0.480 e. The van der Waals surface area contributed by atoms with E-state index in [2.05, 4.69) is 5.10 Å². The van der Waals surface area contributed by atoms with Crippen molar-refractivity contribution in [2.24, 2.45) is 0 Å². The zero-order valence-electron chi connectivity index (χ0n) is 9.18. The van der Waals surface area contributed by atoms with Crippen molar-refractivity contribution in [1.82, 2.24) is 14.5 Å². The predicted molar refractivity (Wildman–Crippen MR) is 56.5 cm³/mol. The van der Waals surface area contributed by atoms with Crippen LogP contribution < -0.4 is 9.44 Å². The molecule has 0 saturated carbocycles. The number of aliphatic carboxylic acids is 1. The average Bonchev–Trinajstić information content (AvgIpc) is 2.60. The lowest BCUT2D eigenvalue weighted by atomic mass is 10.6. The Morgan fingerprint density at radius 2 is 2.11 bits per heavy atom. The quantitative estimate of drug-likeness (QED) is 0.672. The van der Waals surface area contributed by atoms with Crippen molar-refractivity contribution in [2.75, 3.05) is 11.3 Å². The van der Waals surface area contributed by atoms with Crippen LogP contribution in [0.15, 0.2) is 12.4 Å². The molecule has 0 spiro atoms. The first kappa shape index (κ1) is 15.2. The van der Waals surface area contributed by atoms with E-state index >= 15 is 0 Å². The Hall–Kier alpha value is -1.82. The molecule has 0 aromatic carbocycles. The SMILES string of the molecule is O=C(O)Cn1cc(NS(=O)(=O)NCC(F)(F)F)cn1. The second kappa shape index (κ2) is 5.44. The number of rotatable bonds is 6. The van der Waals surface area contributed by atoms with Gasteiger partial charge in [0.25, 0.3) is 10.2 Å². The molecule has 8 nitrogen and oxygen atoms in total. The molecular weight excluding hydrogens is 293 g/mol. The minimum Gasteiger partial charge on any atom is -0.480 e. The van der Waals surface area contributed by atoms with E-state index in [0.29, 0.717) is 0 Å². The number of anilines is 1. The van der Waals surface area contributed by atoms with Crippen molar-refractivity contribution in [3.63, 3.8) is 0 Å². The monoisotopic (exact) mass is 302 g/mol. The van der Waals surface area contributed by atoms with E-state index < -0.39 is 35.4 Å². The summed E-state index contributed by atoms with van der Waals surface area (Å²) in [5, 5.41) is 12.0. The van der Waals surface area contributed by atoms with Crippen molar-refractivity contribution >= 4 is 21.9 Å². The Balaban J connectivity index is 2.63. The summed E-state index contributed by atoms with van der Waals surface area (Å²) in [6.07, 6.45) is -2.68. The molecule has 0 aliphatic heterocycles. The van der Waals surface area contributed by atoms with Crippen molar-refractivity contribution in [3.05, 3.63) is 12.4 Å². The second-order valence-corrected chi connectivity index (χ2v) is 4.86. The molecule has 19 heavy (non-hydrogen) atoms. The van der Waals surface area contributed by atoms with E-state index in [1.54, 1.807) is 4.72 Å². The van der Waals surface area contributed by atoms with Crippen LogP contribution in [0.2, 0.25) is 0 Å². The number of carboxylic acid groups (broad SMARTS) is 1. The fourth-order valence-corrected chi connectivity index (χ4v) is 1.85. The molecule has 12 heteroatoms. The summed E-state index contributed by atoms with van der Waals surface area (Å²) in [5.41, 5.74) is -0.157. The molecule has 0 atom stereocenters. The molecule has 0 saturated heterocycles. The molecule has 0 fully saturated rings. The minimum atomic E-state index is -4.68. The average molecular weight is 302 g/mol. The number of nitrogens with zero attached hydrogens (tertiary/aromatic N) is 2. The van der Waals surface area contributed by atoms with Crippen LogP contribution in [0.5, 0.6) is 0 Å². The summed E-state index contributed by atoms with van der Waals surface area (Å²) in [5.74, 6) is -1.20. The maximum Gasteiger partial charge on any atom is 0.402 e. The van der Waals surface area contributed by atoms with Crippen molar-refractivity contribution < 1.29 is 31.5 Å². The van der Waals surface area contributed by atoms with Crippen LogP contribution >= 0.6 is 0 Å². The summed E-state index contributed by atoms with van der Waals surface area (Å²) in [6, 6.07) is 0. The van der Waals surface area contributed by atoms with Gasteiger partial charge in [-0.05, 0) is 0 Å². The van der Waals surface area contributed by atoms with Gasteiger partial charge in [0.2, 0.25) is 0 Å². The molecule has 0 aliphatic rings. The van der Waals surface area contributed by atoms with Gasteiger partial charge in [-0.15, -0.1) is 0 Å². The van der Waals surface area contributed by atoms with Crippen molar-refractivity contribution in [3.8, 4) is 0 Å². The van der Waals surface area contributed by atoms with Gasteiger partial charge < -0.3 is 5.11 Å². The highest BCUT2D eigenvalue weighted by Gasteiger charge is 2.29. The number of carbonyl (C=O) groups is 1. The van der Waals surface area contributed by atoms with Gasteiger partial charge in [0.15, 0.2) is 0 Å². The van der Waals surface area contributed by atoms with Crippen LogP contribution in [-0.4, -0.2) is 42.0 Å². The first-order valence-electron chi connectivity index (χ1n) is 4.66. The molecule has 3 N–H and O–H groups in total.